The van der Waals surface area contributed by atoms with Gasteiger partial charge in [-0.3, -0.25) is 0 Å². The molecule has 0 atom stereocenters. The van der Waals surface area contributed by atoms with Crippen molar-refractivity contribution in [1.29, 1.82) is 0 Å². The highest BCUT2D eigenvalue weighted by molar-refractivity contribution is 6.17. The molecule has 0 saturated heterocycles. The van der Waals surface area contributed by atoms with E-state index in [1.165, 1.54) is 5.56 Å². The minimum absolute atomic E-state index is 0.267. The fourth-order valence-electron chi connectivity index (χ4n) is 1.97. The van der Waals surface area contributed by atoms with Crippen LogP contribution in [0.1, 0.15) is 47.1 Å². The first-order valence-corrected chi connectivity index (χ1v) is 6.56. The maximum absolute atomic E-state index is 11.7. The summed E-state index contributed by atoms with van der Waals surface area (Å²) in [5, 5.41) is 0. The van der Waals surface area contributed by atoms with Gasteiger partial charge in [0.05, 0.1) is 6.61 Å². The lowest BCUT2D eigenvalue weighted by Crippen LogP contribution is -2.06. The fraction of sp³-hybridized carbons (Fsp3) is 0.615. The quantitative estimate of drug-likeness (QED) is 0.482. The van der Waals surface area contributed by atoms with Crippen molar-refractivity contribution in [2.45, 2.75) is 40.0 Å². The third-order valence-corrected chi connectivity index (χ3v) is 3.15. The van der Waals surface area contributed by atoms with E-state index in [4.69, 9.17) is 16.3 Å². The molecule has 0 aliphatic rings. The fourth-order valence-corrected chi connectivity index (χ4v) is 2.16. The van der Waals surface area contributed by atoms with Gasteiger partial charge in [-0.05, 0) is 51.2 Å². The van der Waals surface area contributed by atoms with Crippen molar-refractivity contribution in [3.8, 4) is 0 Å². The maximum Gasteiger partial charge on any atom is 0.355 e. The Morgan fingerprint density at radius 3 is 2.65 bits per heavy atom. The van der Waals surface area contributed by atoms with Crippen molar-refractivity contribution in [2.75, 3.05) is 12.5 Å². The number of rotatable bonds is 6. The van der Waals surface area contributed by atoms with Gasteiger partial charge in [-0.1, -0.05) is 0 Å². The number of unbranched alkanes of at least 4 members (excludes halogenated alkanes) is 1. The van der Waals surface area contributed by atoms with Gasteiger partial charge in [0.25, 0.3) is 0 Å². The van der Waals surface area contributed by atoms with E-state index in [1.807, 2.05) is 20.8 Å². The van der Waals surface area contributed by atoms with Crippen molar-refractivity contribution in [3.63, 3.8) is 0 Å². The number of aromatic amines is 1. The number of hydrogen-bond donors (Lipinski definition) is 1. The first-order chi connectivity index (χ1) is 8.11. The summed E-state index contributed by atoms with van der Waals surface area (Å²) in [5.41, 5.74) is 3.87. The van der Waals surface area contributed by atoms with Crippen molar-refractivity contribution >= 4 is 17.6 Å². The van der Waals surface area contributed by atoms with E-state index in [0.29, 0.717) is 18.2 Å². The number of halogens is 1. The number of aryl methyl sites for hydroxylation is 1. The molecule has 3 nitrogen and oxygen atoms in total. The molecule has 1 rings (SSSR count). The number of nitrogens with one attached hydrogen (secondary N) is 1. The number of aromatic nitrogens is 1. The van der Waals surface area contributed by atoms with Gasteiger partial charge < -0.3 is 9.72 Å². The molecule has 0 unspecified atom stereocenters. The summed E-state index contributed by atoms with van der Waals surface area (Å²) in [4.78, 5) is 14.8. The second-order valence-electron chi connectivity index (χ2n) is 4.10. The highest BCUT2D eigenvalue weighted by Crippen LogP contribution is 2.20. The van der Waals surface area contributed by atoms with Gasteiger partial charge in [0.2, 0.25) is 0 Å². The second-order valence-corrected chi connectivity index (χ2v) is 4.47. The minimum Gasteiger partial charge on any atom is -0.461 e. The van der Waals surface area contributed by atoms with Crippen LogP contribution in [0.3, 0.4) is 0 Å². The van der Waals surface area contributed by atoms with Crippen molar-refractivity contribution < 1.29 is 9.53 Å². The number of alkyl halides is 1. The topological polar surface area (TPSA) is 42.1 Å². The Hall–Kier alpha value is -0.960. The number of ether oxygens (including phenoxy) is 1. The Labute approximate surface area is 108 Å². The smallest absolute Gasteiger partial charge is 0.355 e. The lowest BCUT2D eigenvalue weighted by Gasteiger charge is -2.02. The number of esters is 1. The summed E-state index contributed by atoms with van der Waals surface area (Å²) in [6.07, 6.45) is 3.01. The maximum atomic E-state index is 11.7. The zero-order chi connectivity index (χ0) is 12.8. The predicted molar refractivity (Wildman–Crippen MR) is 69.9 cm³/mol. The molecule has 0 bridgehead atoms. The Balaban J connectivity index is 2.82. The molecule has 0 spiro atoms. The van der Waals surface area contributed by atoms with E-state index in [0.717, 1.165) is 30.5 Å². The Morgan fingerprint density at radius 1 is 1.35 bits per heavy atom. The van der Waals surface area contributed by atoms with Crippen LogP contribution in [0.25, 0.3) is 0 Å². The predicted octanol–water partition coefficient (Wildman–Crippen LogP) is 3.37. The molecule has 0 radical (unpaired) electrons. The molecule has 96 valence electrons. The van der Waals surface area contributed by atoms with Crippen LogP contribution < -0.4 is 0 Å². The van der Waals surface area contributed by atoms with Crippen LogP contribution >= 0.6 is 11.6 Å². The van der Waals surface area contributed by atoms with Gasteiger partial charge >= 0.3 is 5.97 Å². The van der Waals surface area contributed by atoms with E-state index in [9.17, 15) is 4.79 Å². The molecule has 0 amide bonds. The molecule has 0 aromatic carbocycles. The monoisotopic (exact) mass is 257 g/mol. The highest BCUT2D eigenvalue weighted by Gasteiger charge is 2.17. The number of hydrogen-bond acceptors (Lipinski definition) is 2. The largest absolute Gasteiger partial charge is 0.461 e. The van der Waals surface area contributed by atoms with Crippen LogP contribution in [0, 0.1) is 13.8 Å². The molecule has 0 aliphatic heterocycles. The highest BCUT2D eigenvalue weighted by atomic mass is 35.5. The molecule has 17 heavy (non-hydrogen) atoms. The normalized spacial score (nSPS) is 10.6. The average molecular weight is 258 g/mol. The van der Waals surface area contributed by atoms with Crippen molar-refractivity contribution in [2.24, 2.45) is 0 Å². The zero-order valence-corrected chi connectivity index (χ0v) is 11.5. The lowest BCUT2D eigenvalue weighted by atomic mass is 10.0. The van der Waals surface area contributed by atoms with E-state index in [2.05, 4.69) is 4.98 Å². The van der Waals surface area contributed by atoms with Gasteiger partial charge in [0, 0.05) is 11.6 Å². The third-order valence-electron chi connectivity index (χ3n) is 2.88. The molecule has 0 aliphatic carbocycles. The van der Waals surface area contributed by atoms with Crippen LogP contribution in [0.5, 0.6) is 0 Å². The molecule has 1 N–H and O–H groups in total. The molecular weight excluding hydrogens is 238 g/mol. The molecule has 0 saturated carbocycles. The van der Waals surface area contributed by atoms with Crippen LogP contribution in [0.4, 0.5) is 0 Å². The van der Waals surface area contributed by atoms with Crippen LogP contribution in [-0.2, 0) is 11.2 Å². The average Bonchev–Trinajstić information content (AvgIpc) is 2.57. The van der Waals surface area contributed by atoms with Gasteiger partial charge in [-0.25, -0.2) is 4.79 Å². The first-order valence-electron chi connectivity index (χ1n) is 6.02. The van der Waals surface area contributed by atoms with Crippen LogP contribution in [0.15, 0.2) is 0 Å². The molecule has 1 aromatic heterocycles. The zero-order valence-electron chi connectivity index (χ0n) is 10.7. The van der Waals surface area contributed by atoms with Gasteiger partial charge in [0.1, 0.15) is 5.69 Å². The summed E-state index contributed by atoms with van der Waals surface area (Å²) >= 11 is 5.66. The van der Waals surface area contributed by atoms with Gasteiger partial charge in [-0.15, -0.1) is 11.6 Å². The molecule has 0 fully saturated rings. The van der Waals surface area contributed by atoms with Crippen LogP contribution in [-0.4, -0.2) is 23.4 Å². The molecular formula is C13H20ClNO2. The summed E-state index contributed by atoms with van der Waals surface area (Å²) in [6.45, 7) is 6.17. The standard InChI is InChI=1S/C13H20ClNO2/c1-4-17-13(16)12-9(2)11(10(3)15-12)7-5-6-8-14/h15H,4-8H2,1-3H3. The Bertz CT molecular complexity index is 385. The minimum atomic E-state index is -0.267. The second kappa shape index (κ2) is 6.70. The van der Waals surface area contributed by atoms with Crippen molar-refractivity contribution in [1.82, 2.24) is 4.98 Å². The summed E-state index contributed by atoms with van der Waals surface area (Å²) in [7, 11) is 0. The van der Waals surface area contributed by atoms with E-state index < -0.39 is 0 Å². The van der Waals surface area contributed by atoms with Gasteiger partial charge in [0.15, 0.2) is 0 Å². The number of carbonyl (C=O) groups excluding carboxylic acids is 1. The third kappa shape index (κ3) is 3.50. The molecule has 1 heterocycles. The molecule has 1 aromatic rings. The summed E-state index contributed by atoms with van der Waals surface area (Å²) in [5.74, 6) is 0.421. The summed E-state index contributed by atoms with van der Waals surface area (Å²) < 4.78 is 5.01. The SMILES string of the molecule is CCOC(=O)c1[nH]c(C)c(CCCCCl)c1C. The van der Waals surface area contributed by atoms with Gasteiger partial charge in [-0.2, -0.15) is 0 Å². The van der Waals surface area contributed by atoms with Crippen LogP contribution in [0.2, 0.25) is 0 Å². The Kier molecular flexibility index (Phi) is 5.56. The van der Waals surface area contributed by atoms with E-state index in [-0.39, 0.29) is 5.97 Å². The van der Waals surface area contributed by atoms with Crippen molar-refractivity contribution in [3.05, 3.63) is 22.5 Å². The summed E-state index contributed by atoms with van der Waals surface area (Å²) in [6, 6.07) is 0. The van der Waals surface area contributed by atoms with E-state index >= 15 is 0 Å². The molecule has 4 heteroatoms. The van der Waals surface area contributed by atoms with E-state index in [1.54, 1.807) is 0 Å². The number of carbonyl (C=O) groups is 1. The number of H-pyrrole nitrogens is 1. The Morgan fingerprint density at radius 2 is 2.06 bits per heavy atom. The lowest BCUT2D eigenvalue weighted by molar-refractivity contribution is 0.0519. The first kappa shape index (κ1) is 14.1.